The van der Waals surface area contributed by atoms with Crippen molar-refractivity contribution in [3.05, 3.63) is 83.3 Å². The molecule has 9 nitrogen and oxygen atoms in total. The summed E-state index contributed by atoms with van der Waals surface area (Å²) in [5.74, 6) is -0.455. The summed E-state index contributed by atoms with van der Waals surface area (Å²) < 4.78 is 21.2. The van der Waals surface area contributed by atoms with Gasteiger partial charge in [0.2, 0.25) is 5.76 Å². The number of methoxy groups -OCH3 is 2. The molecule has 35 heavy (non-hydrogen) atoms. The van der Waals surface area contributed by atoms with Gasteiger partial charge in [-0.3, -0.25) is 19.8 Å². The van der Waals surface area contributed by atoms with E-state index in [1.54, 1.807) is 48.5 Å². The summed E-state index contributed by atoms with van der Waals surface area (Å²) in [4.78, 5) is 38.4. The lowest BCUT2D eigenvalue weighted by Gasteiger charge is -2.28. The molecule has 1 N–H and O–H groups in total. The monoisotopic (exact) mass is 492 g/mol. The van der Waals surface area contributed by atoms with E-state index in [4.69, 9.17) is 26.1 Å². The van der Waals surface area contributed by atoms with Gasteiger partial charge in [-0.25, -0.2) is 4.79 Å². The van der Waals surface area contributed by atoms with Gasteiger partial charge in [-0.15, -0.1) is 0 Å². The summed E-state index contributed by atoms with van der Waals surface area (Å²) in [6.45, 7) is 0.0398. The largest absolute Gasteiger partial charge is 0.493 e. The van der Waals surface area contributed by atoms with Gasteiger partial charge >= 0.3 is 5.97 Å². The average molecular weight is 493 g/mol. The highest BCUT2D eigenvalue weighted by Gasteiger charge is 2.34. The minimum absolute atomic E-state index is 0.0120. The Morgan fingerprint density at radius 1 is 1.06 bits per heavy atom. The quantitative estimate of drug-likeness (QED) is 0.231. The molecule has 0 saturated carbocycles. The highest BCUT2D eigenvalue weighted by Crippen LogP contribution is 2.30. The van der Waals surface area contributed by atoms with Crippen molar-refractivity contribution in [3.8, 4) is 11.5 Å². The molecule has 0 radical (unpaired) electrons. The van der Waals surface area contributed by atoms with Gasteiger partial charge in [0, 0.05) is 0 Å². The summed E-state index contributed by atoms with van der Waals surface area (Å²) in [5, 5.41) is 2.56. The Balaban J connectivity index is 1.55. The Kier molecular flexibility index (Phi) is 6.93. The van der Waals surface area contributed by atoms with Crippen molar-refractivity contribution in [3.63, 3.8) is 0 Å². The zero-order chi connectivity index (χ0) is 24.9. The van der Waals surface area contributed by atoms with Crippen LogP contribution in [0.1, 0.15) is 21.9 Å². The summed E-state index contributed by atoms with van der Waals surface area (Å²) in [5.41, 5.74) is 1.01. The topological polar surface area (TPSA) is 107 Å². The van der Waals surface area contributed by atoms with Gasteiger partial charge in [-0.2, -0.15) is 0 Å². The number of rotatable bonds is 7. The Labute approximate surface area is 205 Å². The second kappa shape index (κ2) is 10.2. The molecule has 0 atom stereocenters. The fourth-order valence-corrected chi connectivity index (χ4v) is 3.62. The molecule has 0 unspecified atom stereocenters. The van der Waals surface area contributed by atoms with E-state index >= 15 is 0 Å². The number of anilines is 1. The van der Waals surface area contributed by atoms with E-state index in [9.17, 15) is 14.4 Å². The summed E-state index contributed by atoms with van der Waals surface area (Å²) in [6.07, 6.45) is 1.46. The molecule has 4 rings (SSSR count). The number of amides is 2. The average Bonchev–Trinajstić information content (AvgIpc) is 3.34. The first-order valence-electron chi connectivity index (χ1n) is 10.4. The molecule has 1 fully saturated rings. The third-order valence-corrected chi connectivity index (χ3v) is 5.32. The first kappa shape index (κ1) is 23.7. The lowest BCUT2D eigenvalue weighted by atomic mass is 10.1. The SMILES string of the molecule is COC(=O)c1ccc(COc2ccc(/C=C3/C(=O)NC(=S)N(c4ccccc4)C3=O)cc2OC)o1. The number of ether oxygens (including phenoxy) is 3. The molecule has 178 valence electrons. The summed E-state index contributed by atoms with van der Waals surface area (Å²) >= 11 is 5.21. The molecule has 1 aliphatic heterocycles. The van der Waals surface area contributed by atoms with Crippen molar-refractivity contribution >= 4 is 46.9 Å². The molecule has 0 bridgehead atoms. The van der Waals surface area contributed by atoms with Gasteiger partial charge in [0.15, 0.2) is 16.6 Å². The van der Waals surface area contributed by atoms with Crippen molar-refractivity contribution < 1.29 is 33.0 Å². The zero-order valence-corrected chi connectivity index (χ0v) is 19.6. The van der Waals surface area contributed by atoms with E-state index in [0.29, 0.717) is 28.5 Å². The molecule has 2 aromatic carbocycles. The molecular formula is C25H20N2O7S. The number of hydrogen-bond acceptors (Lipinski definition) is 8. The van der Waals surface area contributed by atoms with Crippen LogP contribution in [0.4, 0.5) is 5.69 Å². The van der Waals surface area contributed by atoms with E-state index < -0.39 is 17.8 Å². The van der Waals surface area contributed by atoms with E-state index in [0.717, 1.165) is 0 Å². The molecule has 0 spiro atoms. The molecule has 10 heteroatoms. The van der Waals surface area contributed by atoms with Crippen LogP contribution in [0.2, 0.25) is 0 Å². The van der Waals surface area contributed by atoms with Crippen molar-refractivity contribution in [2.45, 2.75) is 6.61 Å². The fraction of sp³-hybridized carbons (Fsp3) is 0.120. The smallest absolute Gasteiger partial charge is 0.373 e. The van der Waals surface area contributed by atoms with Crippen LogP contribution >= 0.6 is 12.2 Å². The number of nitrogens with zero attached hydrogens (tertiary/aromatic N) is 1. The fourth-order valence-electron chi connectivity index (χ4n) is 3.34. The standard InChI is InChI=1S/C25H20N2O7S/c1-31-21-13-15(8-10-19(21)33-14-17-9-11-20(34-17)24(30)32-2)12-18-22(28)26-25(35)27(23(18)29)16-6-4-3-5-7-16/h3-13H,14H2,1-2H3,(H,26,28,35)/b18-12-. The van der Waals surface area contributed by atoms with E-state index in [1.165, 1.54) is 31.3 Å². The number of thiocarbonyl (C=S) groups is 1. The zero-order valence-electron chi connectivity index (χ0n) is 18.8. The maximum atomic E-state index is 13.1. The van der Waals surface area contributed by atoms with Crippen LogP contribution in [-0.4, -0.2) is 37.1 Å². The normalized spacial score (nSPS) is 14.6. The Morgan fingerprint density at radius 3 is 2.54 bits per heavy atom. The Bertz CT molecular complexity index is 1330. The number of nitrogens with one attached hydrogen (secondary N) is 1. The van der Waals surface area contributed by atoms with Gasteiger partial charge in [0.05, 0.1) is 19.9 Å². The second-order valence-corrected chi connectivity index (χ2v) is 7.64. The van der Waals surface area contributed by atoms with Crippen molar-refractivity contribution in [2.75, 3.05) is 19.1 Å². The highest BCUT2D eigenvalue weighted by atomic mass is 32.1. The number of carbonyl (C=O) groups is 3. The second-order valence-electron chi connectivity index (χ2n) is 7.25. The molecule has 2 heterocycles. The van der Waals surface area contributed by atoms with Crippen molar-refractivity contribution in [1.82, 2.24) is 5.32 Å². The van der Waals surface area contributed by atoms with E-state index in [2.05, 4.69) is 10.1 Å². The predicted octanol–water partition coefficient (Wildman–Crippen LogP) is 3.49. The number of esters is 1. The maximum absolute atomic E-state index is 13.1. The predicted molar refractivity (Wildman–Crippen MR) is 130 cm³/mol. The van der Waals surface area contributed by atoms with Crippen LogP contribution in [0.5, 0.6) is 11.5 Å². The van der Waals surface area contributed by atoms with Crippen molar-refractivity contribution in [2.24, 2.45) is 0 Å². The lowest BCUT2D eigenvalue weighted by molar-refractivity contribution is -0.122. The summed E-state index contributed by atoms with van der Waals surface area (Å²) in [7, 11) is 2.73. The van der Waals surface area contributed by atoms with E-state index in [-0.39, 0.29) is 23.1 Å². The number of para-hydroxylation sites is 1. The molecular weight excluding hydrogens is 472 g/mol. The maximum Gasteiger partial charge on any atom is 0.373 e. The molecule has 2 amide bonds. The van der Waals surface area contributed by atoms with Gasteiger partial charge in [-0.05, 0) is 60.3 Å². The summed E-state index contributed by atoms with van der Waals surface area (Å²) in [6, 6.07) is 16.8. The number of hydrogen-bond donors (Lipinski definition) is 1. The molecule has 3 aromatic rings. The van der Waals surface area contributed by atoms with Crippen LogP contribution in [0.3, 0.4) is 0 Å². The minimum atomic E-state index is -0.592. The van der Waals surface area contributed by atoms with Crippen LogP contribution < -0.4 is 19.7 Å². The first-order valence-corrected chi connectivity index (χ1v) is 10.8. The Hall–Kier alpha value is -4.44. The molecule has 1 saturated heterocycles. The van der Waals surface area contributed by atoms with Crippen molar-refractivity contribution in [1.29, 1.82) is 0 Å². The van der Waals surface area contributed by atoms with Crippen LogP contribution in [0.25, 0.3) is 6.08 Å². The van der Waals surface area contributed by atoms with Crippen LogP contribution in [0.15, 0.2) is 70.7 Å². The number of benzene rings is 2. The number of furan rings is 1. The van der Waals surface area contributed by atoms with Gasteiger partial charge in [-0.1, -0.05) is 24.3 Å². The number of carbonyl (C=O) groups excluding carboxylic acids is 3. The third kappa shape index (κ3) is 5.07. The first-order chi connectivity index (χ1) is 16.9. The molecule has 1 aromatic heterocycles. The van der Waals surface area contributed by atoms with E-state index in [1.807, 2.05) is 6.07 Å². The lowest BCUT2D eigenvalue weighted by Crippen LogP contribution is -2.54. The molecule has 0 aliphatic carbocycles. The van der Waals surface area contributed by atoms with Crippen LogP contribution in [-0.2, 0) is 20.9 Å². The molecule has 1 aliphatic rings. The van der Waals surface area contributed by atoms with Gasteiger partial charge in [0.25, 0.3) is 11.8 Å². The third-order valence-electron chi connectivity index (χ3n) is 5.03. The van der Waals surface area contributed by atoms with Gasteiger partial charge < -0.3 is 18.6 Å². The minimum Gasteiger partial charge on any atom is -0.493 e. The van der Waals surface area contributed by atoms with Crippen LogP contribution in [0, 0.1) is 0 Å². The highest BCUT2D eigenvalue weighted by molar-refractivity contribution is 7.80. The van der Waals surface area contributed by atoms with Gasteiger partial charge in [0.1, 0.15) is 17.9 Å². The Morgan fingerprint density at radius 2 is 1.83 bits per heavy atom.